The number of rotatable bonds is 1. The van der Waals surface area contributed by atoms with Crippen LogP contribution in [0.25, 0.3) is 5.52 Å². The van der Waals surface area contributed by atoms with Crippen molar-refractivity contribution in [2.24, 2.45) is 0 Å². The number of pyridine rings is 1. The lowest BCUT2D eigenvalue weighted by molar-refractivity contribution is 0.785. The molecule has 0 fully saturated rings. The zero-order valence-corrected chi connectivity index (χ0v) is 9.82. The summed E-state index contributed by atoms with van der Waals surface area (Å²) >= 11 is 2.37. The fourth-order valence-electron chi connectivity index (χ4n) is 1.36. The molecule has 3 heteroatoms. The molecule has 2 rings (SSSR count). The second kappa shape index (κ2) is 3.29. The average Bonchev–Trinajstić information content (AvgIpc) is 2.45. The van der Waals surface area contributed by atoms with Crippen LogP contribution in [0.3, 0.4) is 0 Å². The molecule has 0 amide bonds. The Morgan fingerprint density at radius 2 is 2.15 bits per heavy atom. The lowest BCUT2D eigenvalue weighted by atomic mass is 10.1. The van der Waals surface area contributed by atoms with Gasteiger partial charge in [-0.1, -0.05) is 19.9 Å². The second-order valence-electron chi connectivity index (χ2n) is 3.38. The molecule has 2 heterocycles. The molecule has 13 heavy (non-hydrogen) atoms. The largest absolute Gasteiger partial charge is 0.240 e. The maximum atomic E-state index is 4.52. The first-order valence-corrected chi connectivity index (χ1v) is 5.41. The average molecular weight is 286 g/mol. The van der Waals surface area contributed by atoms with Gasteiger partial charge in [0, 0.05) is 6.20 Å². The van der Waals surface area contributed by atoms with Gasteiger partial charge in [-0.25, -0.2) is 4.52 Å². The third-order valence-electron chi connectivity index (χ3n) is 2.05. The quantitative estimate of drug-likeness (QED) is 0.736. The summed E-state index contributed by atoms with van der Waals surface area (Å²) in [4.78, 5) is 0. The van der Waals surface area contributed by atoms with Gasteiger partial charge in [0.15, 0.2) is 0 Å². The molecule has 0 spiro atoms. The van der Waals surface area contributed by atoms with E-state index in [9.17, 15) is 0 Å². The van der Waals surface area contributed by atoms with Gasteiger partial charge >= 0.3 is 0 Å². The van der Waals surface area contributed by atoms with Crippen molar-refractivity contribution in [3.8, 4) is 0 Å². The predicted octanol–water partition coefficient (Wildman–Crippen LogP) is 3.06. The highest BCUT2D eigenvalue weighted by Gasteiger charge is 2.11. The van der Waals surface area contributed by atoms with Crippen molar-refractivity contribution < 1.29 is 0 Å². The summed E-state index contributed by atoms with van der Waals surface area (Å²) in [6.45, 7) is 4.34. The Morgan fingerprint density at radius 3 is 2.77 bits per heavy atom. The third kappa shape index (κ3) is 1.45. The van der Waals surface area contributed by atoms with Crippen LogP contribution < -0.4 is 0 Å². The maximum absolute atomic E-state index is 4.52. The Labute approximate surface area is 91.1 Å². The molecule has 0 aromatic carbocycles. The van der Waals surface area contributed by atoms with Crippen molar-refractivity contribution in [3.05, 3.63) is 33.7 Å². The van der Waals surface area contributed by atoms with Crippen molar-refractivity contribution in [3.63, 3.8) is 0 Å². The maximum Gasteiger partial charge on any atom is 0.0798 e. The number of fused-ring (bicyclic) bond motifs is 1. The van der Waals surface area contributed by atoms with Crippen LogP contribution in [0.15, 0.2) is 24.4 Å². The van der Waals surface area contributed by atoms with E-state index in [0.29, 0.717) is 5.92 Å². The van der Waals surface area contributed by atoms with Crippen LogP contribution in [0.5, 0.6) is 0 Å². The molecule has 0 saturated heterocycles. The number of hydrogen-bond donors (Lipinski definition) is 0. The normalized spacial score (nSPS) is 11.4. The van der Waals surface area contributed by atoms with E-state index < -0.39 is 0 Å². The highest BCUT2D eigenvalue weighted by atomic mass is 127. The first-order chi connectivity index (χ1) is 6.20. The van der Waals surface area contributed by atoms with Gasteiger partial charge in [-0.15, -0.1) is 0 Å². The lowest BCUT2D eigenvalue weighted by Crippen LogP contribution is -1.90. The molecule has 0 aliphatic heterocycles. The van der Waals surface area contributed by atoms with Crippen molar-refractivity contribution >= 4 is 28.1 Å². The van der Waals surface area contributed by atoms with Gasteiger partial charge in [-0.05, 0) is 40.6 Å². The van der Waals surface area contributed by atoms with Gasteiger partial charge in [-0.2, -0.15) is 5.10 Å². The minimum Gasteiger partial charge on any atom is -0.240 e. The standard InChI is InChI=1S/C10H11IN2/c1-7(2)10-9(11)8-5-3-4-6-13(8)12-10/h3-7H,1-2H3. The Balaban J connectivity index is 2.74. The summed E-state index contributed by atoms with van der Waals surface area (Å²) in [5.74, 6) is 0.492. The van der Waals surface area contributed by atoms with Crippen molar-refractivity contribution in [2.45, 2.75) is 19.8 Å². The van der Waals surface area contributed by atoms with Crippen molar-refractivity contribution in [1.82, 2.24) is 9.61 Å². The highest BCUT2D eigenvalue weighted by molar-refractivity contribution is 14.1. The summed E-state index contributed by atoms with van der Waals surface area (Å²) in [5, 5.41) is 4.52. The van der Waals surface area contributed by atoms with Gasteiger partial charge < -0.3 is 0 Å². The van der Waals surface area contributed by atoms with E-state index in [4.69, 9.17) is 0 Å². The molecule has 0 N–H and O–H groups in total. The molecule has 0 unspecified atom stereocenters. The second-order valence-corrected chi connectivity index (χ2v) is 4.46. The zero-order chi connectivity index (χ0) is 9.42. The molecule has 0 saturated carbocycles. The SMILES string of the molecule is CC(C)c1nn2ccccc2c1I. The van der Waals surface area contributed by atoms with E-state index in [-0.39, 0.29) is 0 Å². The highest BCUT2D eigenvalue weighted by Crippen LogP contribution is 2.23. The smallest absolute Gasteiger partial charge is 0.0798 e. The van der Waals surface area contributed by atoms with E-state index in [1.807, 2.05) is 22.8 Å². The fourth-order valence-corrected chi connectivity index (χ4v) is 2.51. The Morgan fingerprint density at radius 1 is 1.38 bits per heavy atom. The number of hydrogen-bond acceptors (Lipinski definition) is 1. The zero-order valence-electron chi connectivity index (χ0n) is 7.66. The molecule has 0 aliphatic rings. The van der Waals surface area contributed by atoms with Crippen molar-refractivity contribution in [2.75, 3.05) is 0 Å². The van der Waals surface area contributed by atoms with Crippen LogP contribution in [0.2, 0.25) is 0 Å². The Bertz CT molecular complexity index is 431. The summed E-state index contributed by atoms with van der Waals surface area (Å²) in [7, 11) is 0. The van der Waals surface area contributed by atoms with Crippen LogP contribution >= 0.6 is 22.6 Å². The minimum absolute atomic E-state index is 0.492. The fraction of sp³-hybridized carbons (Fsp3) is 0.300. The summed E-state index contributed by atoms with van der Waals surface area (Å²) in [6.07, 6.45) is 1.99. The molecule has 2 aromatic heterocycles. The molecule has 68 valence electrons. The van der Waals surface area contributed by atoms with Crippen LogP contribution in [0, 0.1) is 3.57 Å². The monoisotopic (exact) mass is 286 g/mol. The van der Waals surface area contributed by atoms with Crippen LogP contribution in [0.1, 0.15) is 25.5 Å². The molecular weight excluding hydrogens is 275 g/mol. The number of aromatic nitrogens is 2. The molecule has 0 aliphatic carbocycles. The van der Waals surface area contributed by atoms with Gasteiger partial charge in [0.1, 0.15) is 0 Å². The van der Waals surface area contributed by atoms with E-state index in [2.05, 4.69) is 47.6 Å². The molecule has 0 radical (unpaired) electrons. The van der Waals surface area contributed by atoms with Gasteiger partial charge in [-0.3, -0.25) is 0 Å². The van der Waals surface area contributed by atoms with Crippen molar-refractivity contribution in [1.29, 1.82) is 0 Å². The summed E-state index contributed by atoms with van der Waals surface area (Å²) < 4.78 is 3.21. The summed E-state index contributed by atoms with van der Waals surface area (Å²) in [5.41, 5.74) is 2.39. The van der Waals surface area contributed by atoms with E-state index in [1.54, 1.807) is 0 Å². The number of halogens is 1. The van der Waals surface area contributed by atoms with Crippen LogP contribution in [0.4, 0.5) is 0 Å². The molecular formula is C10H11IN2. The van der Waals surface area contributed by atoms with Gasteiger partial charge in [0.25, 0.3) is 0 Å². The lowest BCUT2D eigenvalue weighted by Gasteiger charge is -1.97. The van der Waals surface area contributed by atoms with E-state index >= 15 is 0 Å². The van der Waals surface area contributed by atoms with Crippen LogP contribution in [-0.2, 0) is 0 Å². The topological polar surface area (TPSA) is 17.3 Å². The molecule has 0 bridgehead atoms. The molecule has 0 atom stereocenters. The Kier molecular flexibility index (Phi) is 2.27. The molecule has 2 nitrogen and oxygen atoms in total. The minimum atomic E-state index is 0.492. The first-order valence-electron chi connectivity index (χ1n) is 4.33. The Hall–Kier alpha value is -0.580. The molecule has 2 aromatic rings. The van der Waals surface area contributed by atoms with E-state index in [1.165, 1.54) is 14.8 Å². The van der Waals surface area contributed by atoms with E-state index in [0.717, 1.165) is 0 Å². The van der Waals surface area contributed by atoms with Gasteiger partial charge in [0.2, 0.25) is 0 Å². The first kappa shape index (κ1) is 8.99. The van der Waals surface area contributed by atoms with Crippen LogP contribution in [-0.4, -0.2) is 9.61 Å². The third-order valence-corrected chi connectivity index (χ3v) is 3.16. The number of nitrogens with zero attached hydrogens (tertiary/aromatic N) is 2. The van der Waals surface area contributed by atoms with Gasteiger partial charge in [0.05, 0.1) is 14.8 Å². The summed E-state index contributed by atoms with van der Waals surface area (Å²) in [6, 6.07) is 6.14. The predicted molar refractivity (Wildman–Crippen MR) is 62.0 cm³/mol.